The van der Waals surface area contributed by atoms with Gasteiger partial charge in [-0.1, -0.05) is 13.8 Å². The predicted molar refractivity (Wildman–Crippen MR) is 131 cm³/mol. The van der Waals surface area contributed by atoms with Crippen molar-refractivity contribution in [2.45, 2.75) is 63.7 Å². The molecule has 0 aromatic heterocycles. The van der Waals surface area contributed by atoms with Gasteiger partial charge in [-0.2, -0.15) is 11.8 Å². The van der Waals surface area contributed by atoms with Crippen LogP contribution in [0.4, 0.5) is 0 Å². The Morgan fingerprint density at radius 3 is 2.00 bits per heavy atom. The van der Waals surface area contributed by atoms with Crippen molar-refractivity contribution in [3.8, 4) is 0 Å². The third kappa shape index (κ3) is 13.2. The lowest BCUT2D eigenvalue weighted by molar-refractivity contribution is -0.142. The highest BCUT2D eigenvalue weighted by Gasteiger charge is 2.30. The Morgan fingerprint density at radius 1 is 0.941 bits per heavy atom. The molecule has 3 amide bonds. The van der Waals surface area contributed by atoms with Gasteiger partial charge in [-0.15, -0.1) is 0 Å². The fourth-order valence-corrected chi connectivity index (χ4v) is 3.35. The number of carbonyl (C=O) groups is 4. The summed E-state index contributed by atoms with van der Waals surface area (Å²) in [6.45, 7) is 3.15. The number of thioether (sulfide) groups is 1. The zero-order valence-electron chi connectivity index (χ0n) is 20.0. The van der Waals surface area contributed by atoms with Crippen LogP contribution in [-0.2, 0) is 19.2 Å². The van der Waals surface area contributed by atoms with E-state index in [1.54, 1.807) is 0 Å². The first-order valence-electron chi connectivity index (χ1n) is 11.0. The van der Waals surface area contributed by atoms with E-state index < -0.39 is 54.5 Å². The van der Waals surface area contributed by atoms with Crippen LogP contribution in [0, 0.1) is 5.92 Å². The molecule has 4 atom stereocenters. The van der Waals surface area contributed by atoms with E-state index in [0.29, 0.717) is 18.6 Å². The molecule has 0 aliphatic carbocycles. The molecule has 0 spiro atoms. The highest BCUT2D eigenvalue weighted by molar-refractivity contribution is 7.98. The normalized spacial score (nSPS) is 14.4. The number of aliphatic hydroxyl groups excluding tert-OH is 1. The maximum atomic E-state index is 12.8. The average molecular weight is 506 g/mol. The Kier molecular flexibility index (Phi) is 15.7. The summed E-state index contributed by atoms with van der Waals surface area (Å²) in [7, 11) is 0. The molecule has 0 radical (unpaired) electrons. The number of amides is 3. The van der Waals surface area contributed by atoms with Crippen molar-refractivity contribution < 1.29 is 29.4 Å². The van der Waals surface area contributed by atoms with Crippen molar-refractivity contribution in [1.82, 2.24) is 16.0 Å². The summed E-state index contributed by atoms with van der Waals surface area (Å²) in [5.41, 5.74) is 16.3. The second kappa shape index (κ2) is 16.9. The minimum Gasteiger partial charge on any atom is -0.480 e. The molecule has 0 saturated carbocycles. The molecule has 0 heterocycles. The van der Waals surface area contributed by atoms with Crippen molar-refractivity contribution in [2.24, 2.45) is 28.1 Å². The third-order valence-electron chi connectivity index (χ3n) is 4.69. The number of nitrogens with one attached hydrogen (secondary N) is 3. The summed E-state index contributed by atoms with van der Waals surface area (Å²) in [6, 6.07) is -4.45. The van der Waals surface area contributed by atoms with E-state index in [-0.39, 0.29) is 31.3 Å². The minimum absolute atomic E-state index is 0.0247. The topological polar surface area (TPSA) is 235 Å². The predicted octanol–water partition coefficient (Wildman–Crippen LogP) is -2.30. The van der Waals surface area contributed by atoms with Gasteiger partial charge < -0.3 is 43.4 Å². The highest BCUT2D eigenvalue weighted by atomic mass is 32.2. The van der Waals surface area contributed by atoms with Gasteiger partial charge in [0.1, 0.15) is 18.1 Å². The van der Waals surface area contributed by atoms with Gasteiger partial charge in [-0.3, -0.25) is 19.4 Å². The molecule has 13 nitrogen and oxygen atoms in total. The van der Waals surface area contributed by atoms with Crippen molar-refractivity contribution in [1.29, 1.82) is 0 Å². The first kappa shape index (κ1) is 31.4. The quantitative estimate of drug-likeness (QED) is 0.0597. The summed E-state index contributed by atoms with van der Waals surface area (Å²) < 4.78 is 0. The Bertz CT molecular complexity index is 703. The smallest absolute Gasteiger partial charge is 0.326 e. The Hall–Kier alpha value is -2.58. The van der Waals surface area contributed by atoms with Crippen LogP contribution >= 0.6 is 11.8 Å². The lowest BCUT2D eigenvalue weighted by Crippen LogP contribution is -2.58. The number of carboxylic acids is 1. The maximum Gasteiger partial charge on any atom is 0.326 e. The SMILES string of the molecule is CSCCC(N)C(=O)NC(CO)C(=O)NC(CC(C)C)C(=O)NC(CCCN=C(N)N)C(=O)O. The zero-order valence-corrected chi connectivity index (χ0v) is 20.8. The van der Waals surface area contributed by atoms with Crippen LogP contribution < -0.4 is 33.2 Å². The number of nitrogens with two attached hydrogens (primary N) is 3. The molecule has 34 heavy (non-hydrogen) atoms. The van der Waals surface area contributed by atoms with Gasteiger partial charge in [0.25, 0.3) is 0 Å². The van der Waals surface area contributed by atoms with Crippen LogP contribution in [-0.4, -0.2) is 89.2 Å². The van der Waals surface area contributed by atoms with Gasteiger partial charge >= 0.3 is 5.97 Å². The van der Waals surface area contributed by atoms with E-state index in [2.05, 4.69) is 20.9 Å². The monoisotopic (exact) mass is 505 g/mol. The van der Waals surface area contributed by atoms with E-state index in [0.717, 1.165) is 0 Å². The summed E-state index contributed by atoms with van der Waals surface area (Å²) >= 11 is 1.52. The molecule has 0 bridgehead atoms. The molecular weight excluding hydrogens is 466 g/mol. The van der Waals surface area contributed by atoms with E-state index in [1.807, 2.05) is 20.1 Å². The molecule has 0 saturated heterocycles. The number of aliphatic imine (C=N–C) groups is 1. The Morgan fingerprint density at radius 2 is 1.50 bits per heavy atom. The number of aliphatic hydroxyl groups is 1. The largest absolute Gasteiger partial charge is 0.480 e. The van der Waals surface area contributed by atoms with Gasteiger partial charge in [-0.25, -0.2) is 4.79 Å². The second-order valence-corrected chi connectivity index (χ2v) is 9.16. The van der Waals surface area contributed by atoms with Gasteiger partial charge in [0, 0.05) is 6.54 Å². The van der Waals surface area contributed by atoms with Gasteiger partial charge in [0.05, 0.1) is 12.6 Å². The first-order chi connectivity index (χ1) is 15.9. The maximum absolute atomic E-state index is 12.8. The van der Waals surface area contributed by atoms with Crippen LogP contribution in [0.1, 0.15) is 39.5 Å². The molecule has 0 aromatic carbocycles. The number of carbonyl (C=O) groups excluding carboxylic acids is 3. The van der Waals surface area contributed by atoms with E-state index in [4.69, 9.17) is 17.2 Å². The number of guanidine groups is 1. The van der Waals surface area contributed by atoms with Gasteiger partial charge in [0.2, 0.25) is 17.7 Å². The zero-order chi connectivity index (χ0) is 26.3. The lowest BCUT2D eigenvalue weighted by Gasteiger charge is -2.25. The van der Waals surface area contributed by atoms with Crippen LogP contribution in [0.2, 0.25) is 0 Å². The van der Waals surface area contributed by atoms with E-state index >= 15 is 0 Å². The number of hydrogen-bond acceptors (Lipinski definition) is 8. The van der Waals surface area contributed by atoms with E-state index in [9.17, 15) is 29.4 Å². The first-order valence-corrected chi connectivity index (χ1v) is 12.4. The number of hydrogen-bond donors (Lipinski definition) is 8. The summed E-state index contributed by atoms with van der Waals surface area (Å²) in [6.07, 6.45) is 2.85. The number of nitrogens with zero attached hydrogens (tertiary/aromatic N) is 1. The van der Waals surface area contributed by atoms with Crippen LogP contribution in [0.5, 0.6) is 0 Å². The second-order valence-electron chi connectivity index (χ2n) is 8.17. The third-order valence-corrected chi connectivity index (χ3v) is 5.33. The van der Waals surface area contributed by atoms with Crippen LogP contribution in [0.15, 0.2) is 4.99 Å². The Balaban J connectivity index is 5.20. The Labute approximate surface area is 204 Å². The van der Waals surface area contributed by atoms with Crippen molar-refractivity contribution in [3.05, 3.63) is 0 Å². The molecule has 11 N–H and O–H groups in total. The molecule has 4 unspecified atom stereocenters. The number of aliphatic carboxylic acids is 1. The summed E-state index contributed by atoms with van der Waals surface area (Å²) in [5, 5.41) is 26.3. The molecule has 0 aliphatic heterocycles. The molecule has 196 valence electrons. The fourth-order valence-electron chi connectivity index (χ4n) is 2.86. The molecule has 14 heteroatoms. The molecule has 0 aromatic rings. The molecule has 0 rings (SSSR count). The number of rotatable bonds is 17. The molecule has 0 aliphatic rings. The van der Waals surface area contributed by atoms with Crippen LogP contribution in [0.3, 0.4) is 0 Å². The van der Waals surface area contributed by atoms with Gasteiger partial charge in [0.15, 0.2) is 5.96 Å². The standard InChI is InChI=1S/C20H39N7O6S/c1-11(2)9-14(17(30)25-13(19(32)33)5-4-7-24-20(22)23)26-18(31)15(10-28)27-16(29)12(21)6-8-34-3/h11-15,28H,4-10,21H2,1-3H3,(H,25,30)(H,26,31)(H,27,29)(H,32,33)(H4,22,23,24). The summed E-state index contributed by atoms with van der Waals surface area (Å²) in [5.74, 6) is -2.82. The van der Waals surface area contributed by atoms with Crippen LogP contribution in [0.25, 0.3) is 0 Å². The highest BCUT2D eigenvalue weighted by Crippen LogP contribution is 2.08. The lowest BCUT2D eigenvalue weighted by atomic mass is 10.0. The molecular formula is C20H39N7O6S. The minimum atomic E-state index is -1.31. The average Bonchev–Trinajstić information content (AvgIpc) is 2.76. The van der Waals surface area contributed by atoms with Crippen molar-refractivity contribution >= 4 is 41.4 Å². The van der Waals surface area contributed by atoms with E-state index in [1.165, 1.54) is 11.8 Å². The molecule has 0 fully saturated rings. The van der Waals surface area contributed by atoms with Crippen molar-refractivity contribution in [2.75, 3.05) is 25.2 Å². The van der Waals surface area contributed by atoms with Gasteiger partial charge in [-0.05, 0) is 43.6 Å². The summed E-state index contributed by atoms with van der Waals surface area (Å²) in [4.78, 5) is 53.0. The number of carboxylic acid groups (broad SMARTS) is 1. The fraction of sp³-hybridized carbons (Fsp3) is 0.750. The van der Waals surface area contributed by atoms with Crippen molar-refractivity contribution in [3.63, 3.8) is 0 Å².